The van der Waals surface area contributed by atoms with Crippen LogP contribution in [-0.2, 0) is 9.53 Å². The first-order chi connectivity index (χ1) is 7.24. The summed E-state index contributed by atoms with van der Waals surface area (Å²) in [7, 11) is 0. The normalized spacial score (nSPS) is 11.7. The molecule has 0 amide bonds. The molecule has 0 spiro atoms. The number of hydrogen-bond donors (Lipinski definition) is 0. The van der Waals surface area contributed by atoms with Crippen molar-refractivity contribution in [1.82, 2.24) is 4.90 Å². The third kappa shape index (κ3) is 7.94. The maximum atomic E-state index is 11.1. The van der Waals surface area contributed by atoms with Crippen molar-refractivity contribution >= 4 is 5.97 Å². The number of rotatable bonds is 7. The van der Waals surface area contributed by atoms with Crippen LogP contribution in [0.2, 0.25) is 0 Å². The molecule has 86 valence electrons. The van der Waals surface area contributed by atoms with Crippen LogP contribution in [-0.4, -0.2) is 37.1 Å². The van der Waals surface area contributed by atoms with Crippen LogP contribution in [0.4, 0.5) is 0 Å². The fourth-order valence-corrected chi connectivity index (χ4v) is 1.11. The van der Waals surface area contributed by atoms with Crippen LogP contribution in [0.3, 0.4) is 0 Å². The van der Waals surface area contributed by atoms with E-state index in [1.807, 2.05) is 13.0 Å². The summed E-state index contributed by atoms with van der Waals surface area (Å²) in [6, 6.07) is 0. The zero-order valence-electron chi connectivity index (χ0n) is 9.90. The summed E-state index contributed by atoms with van der Waals surface area (Å²) in [6.45, 7) is 9.33. The van der Waals surface area contributed by atoms with Crippen molar-refractivity contribution < 1.29 is 9.53 Å². The Morgan fingerprint density at radius 2 is 1.93 bits per heavy atom. The second-order valence-corrected chi connectivity index (χ2v) is 3.08. The molecule has 0 bridgehead atoms. The molecule has 0 rings (SSSR count). The predicted molar refractivity (Wildman–Crippen MR) is 62.7 cm³/mol. The van der Waals surface area contributed by atoms with Crippen molar-refractivity contribution in [1.29, 1.82) is 0 Å². The first kappa shape index (κ1) is 13.9. The molecule has 0 N–H and O–H groups in total. The summed E-state index contributed by atoms with van der Waals surface area (Å²) in [5.41, 5.74) is 0. The van der Waals surface area contributed by atoms with E-state index in [1.54, 1.807) is 12.2 Å². The van der Waals surface area contributed by atoms with Crippen molar-refractivity contribution in [2.75, 3.05) is 26.2 Å². The van der Waals surface area contributed by atoms with Gasteiger partial charge in [0.2, 0.25) is 0 Å². The van der Waals surface area contributed by atoms with Crippen LogP contribution < -0.4 is 0 Å². The van der Waals surface area contributed by atoms with E-state index >= 15 is 0 Å². The number of likely N-dealkylation sites (N-methyl/N-ethyl adjacent to an activating group) is 1. The number of esters is 1. The summed E-state index contributed by atoms with van der Waals surface area (Å²) >= 11 is 0. The zero-order chi connectivity index (χ0) is 11.5. The van der Waals surface area contributed by atoms with E-state index < -0.39 is 0 Å². The van der Waals surface area contributed by atoms with Crippen LogP contribution in [0.25, 0.3) is 0 Å². The molecule has 0 unspecified atom stereocenters. The maximum absolute atomic E-state index is 11.1. The first-order valence-electron chi connectivity index (χ1n) is 5.43. The van der Waals surface area contributed by atoms with E-state index in [4.69, 9.17) is 4.74 Å². The van der Waals surface area contributed by atoms with Crippen LogP contribution in [0.15, 0.2) is 24.3 Å². The van der Waals surface area contributed by atoms with Gasteiger partial charge in [-0.3, -0.25) is 0 Å². The highest BCUT2D eigenvalue weighted by Gasteiger charge is 2.00. The molecule has 0 aliphatic rings. The lowest BCUT2D eigenvalue weighted by Gasteiger charge is -2.16. The maximum Gasteiger partial charge on any atom is 0.330 e. The van der Waals surface area contributed by atoms with Crippen molar-refractivity contribution in [3.63, 3.8) is 0 Å². The smallest absolute Gasteiger partial charge is 0.330 e. The highest BCUT2D eigenvalue weighted by molar-refractivity contribution is 5.82. The Morgan fingerprint density at radius 1 is 1.27 bits per heavy atom. The standard InChI is InChI=1S/C12H21NO2/c1-4-7-8-9-12(14)15-11-10-13(5-2)6-3/h4,7-9H,5-6,10-11H2,1-3H3. The van der Waals surface area contributed by atoms with E-state index in [0.29, 0.717) is 6.61 Å². The molecule has 0 aliphatic heterocycles. The van der Waals surface area contributed by atoms with Crippen molar-refractivity contribution in [2.24, 2.45) is 0 Å². The monoisotopic (exact) mass is 211 g/mol. The third-order valence-electron chi connectivity index (χ3n) is 2.08. The minimum atomic E-state index is -0.278. The Kier molecular flexibility index (Phi) is 8.78. The molecule has 0 saturated heterocycles. The lowest BCUT2D eigenvalue weighted by molar-refractivity contribution is -0.138. The van der Waals surface area contributed by atoms with Gasteiger partial charge >= 0.3 is 5.97 Å². The van der Waals surface area contributed by atoms with E-state index in [9.17, 15) is 4.79 Å². The lowest BCUT2D eigenvalue weighted by atomic mass is 10.4. The molecule has 0 radical (unpaired) electrons. The lowest BCUT2D eigenvalue weighted by Crippen LogP contribution is -2.27. The summed E-state index contributed by atoms with van der Waals surface area (Å²) in [4.78, 5) is 13.3. The average Bonchev–Trinajstić information content (AvgIpc) is 2.25. The molecule has 3 heteroatoms. The van der Waals surface area contributed by atoms with Gasteiger partial charge in [0.05, 0.1) is 0 Å². The minimum absolute atomic E-state index is 0.278. The fourth-order valence-electron chi connectivity index (χ4n) is 1.11. The number of nitrogens with zero attached hydrogens (tertiary/aromatic N) is 1. The van der Waals surface area contributed by atoms with Gasteiger partial charge in [-0.15, -0.1) is 0 Å². The van der Waals surface area contributed by atoms with Gasteiger partial charge in [0.25, 0.3) is 0 Å². The van der Waals surface area contributed by atoms with Crippen LogP contribution in [0, 0.1) is 0 Å². The van der Waals surface area contributed by atoms with Crippen LogP contribution >= 0.6 is 0 Å². The third-order valence-corrected chi connectivity index (χ3v) is 2.08. The number of carbonyl (C=O) groups excluding carboxylic acids is 1. The van der Waals surface area contributed by atoms with E-state index in [2.05, 4.69) is 18.7 Å². The van der Waals surface area contributed by atoms with Crippen molar-refractivity contribution in [3.05, 3.63) is 24.3 Å². The molecule has 0 atom stereocenters. The summed E-state index contributed by atoms with van der Waals surface area (Å²) in [5.74, 6) is -0.278. The van der Waals surface area contributed by atoms with E-state index in [1.165, 1.54) is 6.08 Å². The molecule has 0 heterocycles. The Morgan fingerprint density at radius 3 is 2.47 bits per heavy atom. The van der Waals surface area contributed by atoms with Crippen molar-refractivity contribution in [3.8, 4) is 0 Å². The number of hydrogen-bond acceptors (Lipinski definition) is 3. The van der Waals surface area contributed by atoms with Gasteiger partial charge in [0, 0.05) is 12.6 Å². The minimum Gasteiger partial charge on any atom is -0.461 e. The summed E-state index contributed by atoms with van der Waals surface area (Å²) in [6.07, 6.45) is 6.77. The molecular weight excluding hydrogens is 190 g/mol. The second-order valence-electron chi connectivity index (χ2n) is 3.08. The van der Waals surface area contributed by atoms with E-state index in [-0.39, 0.29) is 5.97 Å². The van der Waals surface area contributed by atoms with Crippen LogP contribution in [0.1, 0.15) is 20.8 Å². The molecule has 0 fully saturated rings. The molecule has 0 aromatic heterocycles. The molecular formula is C12H21NO2. The SMILES string of the molecule is CC=CC=CC(=O)OCCN(CC)CC. The second kappa shape index (κ2) is 9.46. The number of allylic oxidation sites excluding steroid dienone is 3. The summed E-state index contributed by atoms with van der Waals surface area (Å²) < 4.78 is 5.02. The van der Waals surface area contributed by atoms with Crippen LogP contribution in [0.5, 0.6) is 0 Å². The number of ether oxygens (including phenoxy) is 1. The molecule has 0 aliphatic carbocycles. The van der Waals surface area contributed by atoms with Gasteiger partial charge in [-0.05, 0) is 20.0 Å². The fraction of sp³-hybridized carbons (Fsp3) is 0.583. The average molecular weight is 211 g/mol. The van der Waals surface area contributed by atoms with E-state index in [0.717, 1.165) is 19.6 Å². The van der Waals surface area contributed by atoms with Gasteiger partial charge in [0.15, 0.2) is 0 Å². The Hall–Kier alpha value is -1.09. The highest BCUT2D eigenvalue weighted by Crippen LogP contribution is 1.89. The van der Waals surface area contributed by atoms with Gasteiger partial charge in [-0.2, -0.15) is 0 Å². The Labute approximate surface area is 92.4 Å². The topological polar surface area (TPSA) is 29.5 Å². The highest BCUT2D eigenvalue weighted by atomic mass is 16.5. The molecule has 0 saturated carbocycles. The number of carbonyl (C=O) groups is 1. The predicted octanol–water partition coefficient (Wildman–Crippen LogP) is 2.00. The molecule has 3 nitrogen and oxygen atoms in total. The van der Waals surface area contributed by atoms with Gasteiger partial charge in [-0.25, -0.2) is 4.79 Å². The Bertz CT molecular complexity index is 218. The Balaban J connectivity index is 3.62. The van der Waals surface area contributed by atoms with Gasteiger partial charge < -0.3 is 9.64 Å². The quantitative estimate of drug-likeness (QED) is 0.366. The molecule has 0 aromatic carbocycles. The molecule has 0 aromatic rings. The van der Waals surface area contributed by atoms with Gasteiger partial charge in [0.1, 0.15) is 6.61 Å². The van der Waals surface area contributed by atoms with Crippen molar-refractivity contribution in [2.45, 2.75) is 20.8 Å². The zero-order valence-corrected chi connectivity index (χ0v) is 9.90. The molecule has 15 heavy (non-hydrogen) atoms. The summed E-state index contributed by atoms with van der Waals surface area (Å²) in [5, 5.41) is 0. The largest absolute Gasteiger partial charge is 0.461 e. The van der Waals surface area contributed by atoms with Gasteiger partial charge in [-0.1, -0.05) is 32.1 Å². The first-order valence-corrected chi connectivity index (χ1v) is 5.43.